The summed E-state index contributed by atoms with van der Waals surface area (Å²) < 4.78 is 0. The molecule has 16 aromatic rings. The van der Waals surface area contributed by atoms with Crippen LogP contribution in [0.2, 0.25) is 0 Å². The third-order valence-corrected chi connectivity index (χ3v) is 18.2. The van der Waals surface area contributed by atoms with E-state index >= 15 is 0 Å². The number of hydrogen-bond donors (Lipinski definition) is 0. The van der Waals surface area contributed by atoms with E-state index in [2.05, 4.69) is 420 Å². The zero-order chi connectivity index (χ0) is 64.0. The Morgan fingerprint density at radius 1 is 0.104 bits per heavy atom. The average Bonchev–Trinajstić information content (AvgIpc) is 0.820. The van der Waals surface area contributed by atoms with Crippen LogP contribution in [-0.2, 0) is 0 Å². The van der Waals surface area contributed by atoms with E-state index in [-0.39, 0.29) is 0 Å². The molecule has 454 valence electrons. The Balaban J connectivity index is 0.666. The summed E-state index contributed by atoms with van der Waals surface area (Å²) in [5, 5.41) is 4.80. The van der Waals surface area contributed by atoms with E-state index in [1.165, 1.54) is 43.8 Å². The highest BCUT2D eigenvalue weighted by atomic mass is 15.2. The SMILES string of the molecule is c1ccc(-c2ccc(N(c3ccccc3)c3ccc(-c4ccc(N(c5ccc(-c6ccc(N(c7ccc(-c8ccc(N(c9ccccc9)c9ccc(-c%10ccccc%10)cc9)cc8)cc7)c7ccc8ccccc8c7)cc6)cc5)c5ccc6ccccc6c5)cc4)cc3)cc2)cc1. The van der Waals surface area contributed by atoms with Gasteiger partial charge >= 0.3 is 0 Å². The van der Waals surface area contributed by atoms with Gasteiger partial charge in [0.1, 0.15) is 0 Å². The first-order valence-electron chi connectivity index (χ1n) is 32.8. The van der Waals surface area contributed by atoms with E-state index in [4.69, 9.17) is 0 Å². The van der Waals surface area contributed by atoms with Gasteiger partial charge in [-0.2, -0.15) is 0 Å². The summed E-state index contributed by atoms with van der Waals surface area (Å²) in [4.78, 5) is 9.36. The van der Waals surface area contributed by atoms with E-state index in [0.717, 1.165) is 102 Å². The number of hydrogen-bond acceptors (Lipinski definition) is 4. The van der Waals surface area contributed by atoms with Crippen molar-refractivity contribution in [2.45, 2.75) is 0 Å². The lowest BCUT2D eigenvalue weighted by atomic mass is 10.0. The minimum Gasteiger partial charge on any atom is -0.311 e. The first-order chi connectivity index (χ1) is 47.6. The topological polar surface area (TPSA) is 13.0 Å². The Labute approximate surface area is 562 Å². The molecule has 96 heavy (non-hydrogen) atoms. The molecule has 4 nitrogen and oxygen atoms in total. The second-order valence-electron chi connectivity index (χ2n) is 24.2. The van der Waals surface area contributed by atoms with Crippen molar-refractivity contribution in [2.24, 2.45) is 0 Å². The molecular formula is C92H66N4. The molecule has 0 spiro atoms. The summed E-state index contributed by atoms with van der Waals surface area (Å²) in [5.74, 6) is 0. The Hall–Kier alpha value is -12.8. The molecule has 0 amide bonds. The van der Waals surface area contributed by atoms with Crippen molar-refractivity contribution in [3.05, 3.63) is 400 Å². The molecule has 0 saturated heterocycles. The third-order valence-electron chi connectivity index (χ3n) is 18.2. The molecule has 0 saturated carbocycles. The Bertz CT molecular complexity index is 4920. The van der Waals surface area contributed by atoms with Crippen molar-refractivity contribution >= 4 is 89.8 Å². The van der Waals surface area contributed by atoms with Crippen LogP contribution in [0.5, 0.6) is 0 Å². The minimum atomic E-state index is 1.07. The monoisotopic (exact) mass is 1230 g/mol. The summed E-state index contributed by atoms with van der Waals surface area (Å²) in [6.45, 7) is 0. The van der Waals surface area contributed by atoms with Gasteiger partial charge in [0.05, 0.1) is 0 Å². The quantitative estimate of drug-likeness (QED) is 0.0901. The number of benzene rings is 16. The van der Waals surface area contributed by atoms with E-state index in [1.54, 1.807) is 0 Å². The average molecular weight is 1230 g/mol. The molecule has 0 aromatic heterocycles. The molecule has 0 atom stereocenters. The molecule has 0 fully saturated rings. The predicted octanol–water partition coefficient (Wildman–Crippen LogP) is 26.2. The number of rotatable bonds is 17. The molecule has 0 aliphatic carbocycles. The van der Waals surface area contributed by atoms with Crippen LogP contribution in [-0.4, -0.2) is 0 Å². The van der Waals surface area contributed by atoms with E-state index in [9.17, 15) is 0 Å². The molecule has 16 rings (SSSR count). The first-order valence-corrected chi connectivity index (χ1v) is 32.8. The van der Waals surface area contributed by atoms with Crippen molar-refractivity contribution in [1.82, 2.24) is 0 Å². The maximum absolute atomic E-state index is 2.36. The number of anilines is 12. The molecule has 0 bridgehead atoms. The molecule has 0 N–H and O–H groups in total. The highest BCUT2D eigenvalue weighted by Crippen LogP contribution is 2.43. The third kappa shape index (κ3) is 12.2. The van der Waals surface area contributed by atoms with Gasteiger partial charge in [0.25, 0.3) is 0 Å². The van der Waals surface area contributed by atoms with Crippen LogP contribution >= 0.6 is 0 Å². The molecule has 0 radical (unpaired) electrons. The van der Waals surface area contributed by atoms with Crippen LogP contribution in [0, 0.1) is 0 Å². The number of nitrogens with zero attached hydrogens (tertiary/aromatic N) is 4. The summed E-state index contributed by atoms with van der Waals surface area (Å²) in [5.41, 5.74) is 24.7. The fourth-order valence-corrected chi connectivity index (χ4v) is 13.3. The molecule has 4 heteroatoms. The van der Waals surface area contributed by atoms with Gasteiger partial charge in [-0.1, -0.05) is 255 Å². The normalized spacial score (nSPS) is 11.1. The first kappa shape index (κ1) is 58.3. The van der Waals surface area contributed by atoms with Crippen molar-refractivity contribution in [2.75, 3.05) is 19.6 Å². The van der Waals surface area contributed by atoms with Crippen LogP contribution in [0.15, 0.2) is 400 Å². The minimum absolute atomic E-state index is 1.07. The number of para-hydroxylation sites is 2. The summed E-state index contributed by atoms with van der Waals surface area (Å²) in [6.07, 6.45) is 0. The van der Waals surface area contributed by atoms with E-state index in [1.807, 2.05) is 0 Å². The van der Waals surface area contributed by atoms with E-state index in [0.29, 0.717) is 0 Å². The van der Waals surface area contributed by atoms with Crippen molar-refractivity contribution in [1.29, 1.82) is 0 Å². The van der Waals surface area contributed by atoms with Crippen LogP contribution in [0.3, 0.4) is 0 Å². The Morgan fingerprint density at radius 2 is 0.260 bits per heavy atom. The van der Waals surface area contributed by atoms with Crippen molar-refractivity contribution in [3.63, 3.8) is 0 Å². The summed E-state index contributed by atoms with van der Waals surface area (Å²) >= 11 is 0. The lowest BCUT2D eigenvalue weighted by molar-refractivity contribution is 1.28. The fourth-order valence-electron chi connectivity index (χ4n) is 13.3. The van der Waals surface area contributed by atoms with Gasteiger partial charge in [-0.25, -0.2) is 0 Å². The lowest BCUT2D eigenvalue weighted by Gasteiger charge is -2.27. The van der Waals surface area contributed by atoms with Crippen molar-refractivity contribution in [3.8, 4) is 55.6 Å². The zero-order valence-electron chi connectivity index (χ0n) is 52.9. The van der Waals surface area contributed by atoms with Gasteiger partial charge in [-0.15, -0.1) is 0 Å². The molecule has 0 aliphatic heterocycles. The van der Waals surface area contributed by atoms with Gasteiger partial charge in [0.2, 0.25) is 0 Å². The largest absolute Gasteiger partial charge is 0.311 e. The smallest absolute Gasteiger partial charge is 0.0468 e. The van der Waals surface area contributed by atoms with Crippen LogP contribution < -0.4 is 19.6 Å². The standard InChI is InChI=1S/C92H66N4/c1-5-17-67(18-6-1)71-29-47-83(48-30-71)93(81-25-9-3-10-26-81)85-51-33-73(34-52-85)75-37-55-87(56-38-75)95(91-63-45-69-21-13-15-23-79(69)65-91)89-59-41-77(42-60-89)78-43-61-90(62-44-78)96(92-64-46-70-22-14-16-24-80(70)66-92)88-57-39-76(40-58-88)74-35-53-86(54-36-74)94(82-27-11-4-12-28-82)84-49-31-72(32-50-84)68-19-7-2-8-20-68/h1-66H. The molecule has 0 heterocycles. The zero-order valence-corrected chi connectivity index (χ0v) is 52.9. The molecule has 16 aromatic carbocycles. The maximum Gasteiger partial charge on any atom is 0.0468 e. The predicted molar refractivity (Wildman–Crippen MR) is 407 cm³/mol. The highest BCUT2D eigenvalue weighted by molar-refractivity contribution is 5.92. The highest BCUT2D eigenvalue weighted by Gasteiger charge is 2.20. The fraction of sp³-hybridized carbons (Fsp3) is 0. The second kappa shape index (κ2) is 26.5. The van der Waals surface area contributed by atoms with Crippen LogP contribution in [0.4, 0.5) is 68.2 Å². The Kier molecular flexibility index (Phi) is 16.1. The summed E-state index contributed by atoms with van der Waals surface area (Å²) in [7, 11) is 0. The van der Waals surface area contributed by atoms with Gasteiger partial charge in [0, 0.05) is 68.2 Å². The second-order valence-corrected chi connectivity index (χ2v) is 24.2. The Morgan fingerprint density at radius 3 is 0.490 bits per heavy atom. The molecule has 0 unspecified atom stereocenters. The van der Waals surface area contributed by atoms with Crippen LogP contribution in [0.1, 0.15) is 0 Å². The number of fused-ring (bicyclic) bond motifs is 2. The maximum atomic E-state index is 2.36. The van der Waals surface area contributed by atoms with Gasteiger partial charge in [-0.05, 0) is 223 Å². The lowest BCUT2D eigenvalue weighted by Crippen LogP contribution is -2.10. The molecule has 0 aliphatic rings. The van der Waals surface area contributed by atoms with Gasteiger partial charge in [0.15, 0.2) is 0 Å². The molecular weight excluding hydrogens is 1160 g/mol. The van der Waals surface area contributed by atoms with Crippen molar-refractivity contribution < 1.29 is 0 Å². The van der Waals surface area contributed by atoms with Crippen LogP contribution in [0.25, 0.3) is 77.2 Å². The summed E-state index contributed by atoms with van der Waals surface area (Å²) in [6, 6.07) is 144. The van der Waals surface area contributed by atoms with Gasteiger partial charge < -0.3 is 19.6 Å². The van der Waals surface area contributed by atoms with E-state index < -0.39 is 0 Å². The van der Waals surface area contributed by atoms with Gasteiger partial charge in [-0.3, -0.25) is 0 Å².